The van der Waals surface area contributed by atoms with Gasteiger partial charge in [-0.15, -0.1) is 5.10 Å². The molecule has 0 saturated heterocycles. The Balaban J connectivity index is 2.69. The number of nitrogens with one attached hydrogen (secondary N) is 1. The van der Waals surface area contributed by atoms with Crippen LogP contribution in [0.5, 0.6) is 0 Å². The minimum atomic E-state index is -0.0498. The molecule has 14 heavy (non-hydrogen) atoms. The third-order valence-corrected chi connectivity index (χ3v) is 2.85. The Hall–Kier alpha value is -0.970. The number of aryl methyl sites for hydroxylation is 1. The summed E-state index contributed by atoms with van der Waals surface area (Å²) in [5.41, 5.74) is 0.788. The lowest BCUT2D eigenvalue weighted by Gasteiger charge is -2.09. The Morgan fingerprint density at radius 2 is 2.29 bits per heavy atom. The average Bonchev–Trinajstić information content (AvgIpc) is 2.65. The number of aromatic nitrogens is 2. The lowest BCUT2D eigenvalue weighted by molar-refractivity contribution is 0.0942. The Morgan fingerprint density at radius 3 is 2.86 bits per heavy atom. The predicted molar refractivity (Wildman–Crippen MR) is 56.5 cm³/mol. The number of hydrogen-bond acceptors (Lipinski definition) is 4. The first kappa shape index (κ1) is 11.1. The van der Waals surface area contributed by atoms with E-state index in [0.29, 0.717) is 4.88 Å². The molecule has 0 bridgehead atoms. The predicted octanol–water partition coefficient (Wildman–Crippen LogP) is 1.63. The highest BCUT2D eigenvalue weighted by molar-refractivity contribution is 7.08. The van der Waals surface area contributed by atoms with Crippen molar-refractivity contribution >= 4 is 17.4 Å². The Morgan fingerprint density at radius 1 is 1.57 bits per heavy atom. The molecule has 1 rings (SSSR count). The number of hydrogen-bond donors (Lipinski definition) is 1. The van der Waals surface area contributed by atoms with Crippen molar-refractivity contribution in [3.05, 3.63) is 10.6 Å². The molecule has 0 aliphatic heterocycles. The van der Waals surface area contributed by atoms with Gasteiger partial charge in [0.05, 0.1) is 5.69 Å². The normalized spacial score (nSPS) is 12.5. The molecular weight excluding hydrogens is 198 g/mol. The number of nitrogens with zero attached hydrogens (tertiary/aromatic N) is 2. The summed E-state index contributed by atoms with van der Waals surface area (Å²) in [5, 5.41) is 6.79. The summed E-state index contributed by atoms with van der Waals surface area (Å²) in [6.07, 6.45) is 1.68. The zero-order valence-electron chi connectivity index (χ0n) is 8.70. The molecule has 0 aliphatic rings. The van der Waals surface area contributed by atoms with E-state index >= 15 is 0 Å². The summed E-state index contributed by atoms with van der Waals surface area (Å²) in [6, 6.07) is 0.203. The van der Waals surface area contributed by atoms with Crippen LogP contribution in [0.1, 0.15) is 42.6 Å². The molecule has 0 aromatic carbocycles. The highest BCUT2D eigenvalue weighted by Gasteiger charge is 2.15. The highest BCUT2D eigenvalue weighted by atomic mass is 32.1. The average molecular weight is 213 g/mol. The van der Waals surface area contributed by atoms with Crippen molar-refractivity contribution in [3.63, 3.8) is 0 Å². The van der Waals surface area contributed by atoms with Gasteiger partial charge in [0.1, 0.15) is 4.88 Å². The van der Waals surface area contributed by atoms with E-state index < -0.39 is 0 Å². The van der Waals surface area contributed by atoms with Crippen molar-refractivity contribution in [2.45, 2.75) is 39.7 Å². The zero-order chi connectivity index (χ0) is 10.6. The summed E-state index contributed by atoms with van der Waals surface area (Å²) in [6.45, 7) is 5.99. The summed E-state index contributed by atoms with van der Waals surface area (Å²) < 4.78 is 3.78. The van der Waals surface area contributed by atoms with Crippen molar-refractivity contribution < 1.29 is 4.79 Å². The van der Waals surface area contributed by atoms with E-state index in [-0.39, 0.29) is 11.9 Å². The third-order valence-electron chi connectivity index (χ3n) is 2.09. The first-order valence-electron chi connectivity index (χ1n) is 4.81. The second-order valence-corrected chi connectivity index (χ2v) is 3.94. The molecule has 0 radical (unpaired) electrons. The topological polar surface area (TPSA) is 54.9 Å². The standard InChI is InChI=1S/C9H15N3OS/c1-4-6(3)10-9(13)8-7(5-2)11-12-14-8/h6H,4-5H2,1-3H3,(H,10,13)/t6-/m1/s1. The fourth-order valence-corrected chi connectivity index (χ4v) is 1.66. The molecule has 0 aliphatic carbocycles. The SMILES string of the molecule is CCc1nnsc1C(=O)N[C@H](C)CC. The monoisotopic (exact) mass is 213 g/mol. The maximum Gasteiger partial charge on any atom is 0.265 e. The number of amides is 1. The minimum Gasteiger partial charge on any atom is -0.349 e. The summed E-state index contributed by atoms with van der Waals surface area (Å²) in [4.78, 5) is 12.3. The van der Waals surface area contributed by atoms with Gasteiger partial charge in [-0.05, 0) is 31.3 Å². The molecule has 4 nitrogen and oxygen atoms in total. The lowest BCUT2D eigenvalue weighted by atomic mass is 10.2. The molecule has 1 atom stereocenters. The lowest BCUT2D eigenvalue weighted by Crippen LogP contribution is -2.31. The highest BCUT2D eigenvalue weighted by Crippen LogP contribution is 2.11. The van der Waals surface area contributed by atoms with Gasteiger partial charge in [0.2, 0.25) is 0 Å². The van der Waals surface area contributed by atoms with Crippen LogP contribution >= 0.6 is 11.5 Å². The van der Waals surface area contributed by atoms with Gasteiger partial charge in [0.25, 0.3) is 5.91 Å². The molecule has 78 valence electrons. The van der Waals surface area contributed by atoms with E-state index in [9.17, 15) is 4.79 Å². The molecule has 1 aromatic rings. The second kappa shape index (κ2) is 5.05. The fraction of sp³-hybridized carbons (Fsp3) is 0.667. The number of rotatable bonds is 4. The molecule has 5 heteroatoms. The Bertz CT molecular complexity index is 311. The Labute approximate surface area is 87.9 Å². The van der Waals surface area contributed by atoms with Gasteiger partial charge in [-0.1, -0.05) is 18.3 Å². The Kier molecular flexibility index (Phi) is 4.00. The van der Waals surface area contributed by atoms with Gasteiger partial charge in [0.15, 0.2) is 0 Å². The number of carbonyl (C=O) groups is 1. The van der Waals surface area contributed by atoms with Crippen LogP contribution in [0.2, 0.25) is 0 Å². The molecule has 1 N–H and O–H groups in total. The van der Waals surface area contributed by atoms with E-state index in [1.54, 1.807) is 0 Å². The molecule has 0 saturated carbocycles. The van der Waals surface area contributed by atoms with Crippen LogP contribution in [0, 0.1) is 0 Å². The van der Waals surface area contributed by atoms with Gasteiger partial charge >= 0.3 is 0 Å². The maximum atomic E-state index is 11.7. The van der Waals surface area contributed by atoms with Crippen molar-refractivity contribution in [2.24, 2.45) is 0 Å². The van der Waals surface area contributed by atoms with Gasteiger partial charge < -0.3 is 5.32 Å². The zero-order valence-corrected chi connectivity index (χ0v) is 9.52. The fourth-order valence-electron chi connectivity index (χ4n) is 1.00. The van der Waals surface area contributed by atoms with Crippen molar-refractivity contribution in [2.75, 3.05) is 0 Å². The first-order valence-corrected chi connectivity index (χ1v) is 5.58. The smallest absolute Gasteiger partial charge is 0.265 e. The van der Waals surface area contributed by atoms with Crippen LogP contribution < -0.4 is 5.32 Å². The van der Waals surface area contributed by atoms with Crippen molar-refractivity contribution in [1.82, 2.24) is 14.9 Å². The van der Waals surface area contributed by atoms with E-state index in [1.807, 2.05) is 20.8 Å². The van der Waals surface area contributed by atoms with Gasteiger partial charge in [-0.3, -0.25) is 4.79 Å². The van der Waals surface area contributed by atoms with Gasteiger partial charge in [0, 0.05) is 6.04 Å². The van der Waals surface area contributed by atoms with Gasteiger partial charge in [-0.25, -0.2) is 0 Å². The minimum absolute atomic E-state index is 0.0498. The van der Waals surface area contributed by atoms with Crippen molar-refractivity contribution in [1.29, 1.82) is 0 Å². The quantitative estimate of drug-likeness (QED) is 0.827. The van der Waals surface area contributed by atoms with Crippen LogP contribution in [0.4, 0.5) is 0 Å². The summed E-state index contributed by atoms with van der Waals surface area (Å²) in [7, 11) is 0. The van der Waals surface area contributed by atoms with Crippen LogP contribution in [0.25, 0.3) is 0 Å². The van der Waals surface area contributed by atoms with Crippen molar-refractivity contribution in [3.8, 4) is 0 Å². The molecule has 1 amide bonds. The third kappa shape index (κ3) is 2.51. The summed E-state index contributed by atoms with van der Waals surface area (Å²) >= 11 is 1.16. The van der Waals surface area contributed by atoms with E-state index in [1.165, 1.54) is 0 Å². The molecule has 1 heterocycles. The molecule has 1 aromatic heterocycles. The summed E-state index contributed by atoms with van der Waals surface area (Å²) in [5.74, 6) is -0.0498. The van der Waals surface area contributed by atoms with E-state index in [0.717, 1.165) is 30.1 Å². The van der Waals surface area contributed by atoms with Crippen LogP contribution in [-0.2, 0) is 6.42 Å². The number of carbonyl (C=O) groups excluding carboxylic acids is 1. The largest absolute Gasteiger partial charge is 0.349 e. The second-order valence-electron chi connectivity index (χ2n) is 3.19. The van der Waals surface area contributed by atoms with E-state index in [2.05, 4.69) is 14.9 Å². The first-order chi connectivity index (χ1) is 6.69. The molecule has 0 unspecified atom stereocenters. The maximum absolute atomic E-state index is 11.7. The van der Waals surface area contributed by atoms with Crippen LogP contribution in [0.3, 0.4) is 0 Å². The van der Waals surface area contributed by atoms with Crippen LogP contribution in [-0.4, -0.2) is 21.5 Å². The van der Waals surface area contributed by atoms with Gasteiger partial charge in [-0.2, -0.15) is 0 Å². The van der Waals surface area contributed by atoms with E-state index in [4.69, 9.17) is 0 Å². The molecular formula is C9H15N3OS. The molecule has 0 fully saturated rings. The van der Waals surface area contributed by atoms with Crippen LogP contribution in [0.15, 0.2) is 0 Å². The molecule has 0 spiro atoms.